The number of rotatable bonds is 3. The third-order valence-corrected chi connectivity index (χ3v) is 2.25. The summed E-state index contributed by atoms with van der Waals surface area (Å²) in [6, 6.07) is 5.73. The van der Waals surface area contributed by atoms with Crippen LogP contribution in [0.4, 0.5) is 4.39 Å². The van der Waals surface area contributed by atoms with Crippen molar-refractivity contribution in [3.8, 4) is 11.3 Å². The summed E-state index contributed by atoms with van der Waals surface area (Å²) in [6.07, 6.45) is 2.64. The predicted molar refractivity (Wildman–Crippen MR) is 58.8 cm³/mol. The van der Waals surface area contributed by atoms with Gasteiger partial charge in [0.05, 0.1) is 12.1 Å². The van der Waals surface area contributed by atoms with Crippen molar-refractivity contribution in [2.75, 3.05) is 0 Å². The number of halogens is 1. The van der Waals surface area contributed by atoms with Crippen LogP contribution in [0.5, 0.6) is 0 Å². The van der Waals surface area contributed by atoms with Crippen LogP contribution in [-0.4, -0.2) is 21.0 Å². The van der Waals surface area contributed by atoms with Gasteiger partial charge in [-0.05, 0) is 24.3 Å². The van der Waals surface area contributed by atoms with Gasteiger partial charge in [0, 0.05) is 17.3 Å². The minimum atomic E-state index is -0.955. The molecule has 0 fully saturated rings. The van der Waals surface area contributed by atoms with Crippen LogP contribution in [-0.2, 0) is 11.2 Å². The Balaban J connectivity index is 2.44. The van der Waals surface area contributed by atoms with E-state index in [0.29, 0.717) is 16.8 Å². The zero-order chi connectivity index (χ0) is 12.3. The van der Waals surface area contributed by atoms with Crippen molar-refractivity contribution in [3.63, 3.8) is 0 Å². The van der Waals surface area contributed by atoms with E-state index < -0.39 is 5.97 Å². The third kappa shape index (κ3) is 2.63. The molecule has 0 spiro atoms. The molecule has 0 bridgehead atoms. The first kappa shape index (κ1) is 11.2. The second kappa shape index (κ2) is 4.69. The van der Waals surface area contributed by atoms with Crippen molar-refractivity contribution in [2.45, 2.75) is 6.42 Å². The van der Waals surface area contributed by atoms with Gasteiger partial charge in [-0.1, -0.05) is 0 Å². The lowest BCUT2D eigenvalue weighted by molar-refractivity contribution is -0.136. The minimum absolute atomic E-state index is 0.159. The Hall–Kier alpha value is -2.30. The number of nitrogens with zero attached hydrogens (tertiary/aromatic N) is 2. The van der Waals surface area contributed by atoms with Gasteiger partial charge >= 0.3 is 5.97 Å². The molecule has 1 aromatic carbocycles. The number of carbonyl (C=O) groups is 1. The largest absolute Gasteiger partial charge is 0.481 e. The maximum absolute atomic E-state index is 12.8. The van der Waals surface area contributed by atoms with Crippen molar-refractivity contribution in [1.29, 1.82) is 0 Å². The van der Waals surface area contributed by atoms with Crippen LogP contribution >= 0.6 is 0 Å². The molecule has 5 heteroatoms. The van der Waals surface area contributed by atoms with Crippen LogP contribution in [0.25, 0.3) is 11.3 Å². The summed E-state index contributed by atoms with van der Waals surface area (Å²) in [7, 11) is 0. The van der Waals surface area contributed by atoms with Gasteiger partial charge in [-0.15, -0.1) is 0 Å². The lowest BCUT2D eigenvalue weighted by Crippen LogP contribution is -2.03. The van der Waals surface area contributed by atoms with Crippen molar-refractivity contribution in [2.24, 2.45) is 0 Å². The summed E-state index contributed by atoms with van der Waals surface area (Å²) < 4.78 is 12.8. The molecule has 0 radical (unpaired) electrons. The van der Waals surface area contributed by atoms with Crippen LogP contribution in [0.3, 0.4) is 0 Å². The molecule has 0 saturated heterocycles. The predicted octanol–water partition coefficient (Wildman–Crippen LogP) is 1.91. The Bertz CT molecular complexity index is 540. The molecule has 0 aliphatic heterocycles. The quantitative estimate of drug-likeness (QED) is 0.877. The first-order chi connectivity index (χ1) is 8.16. The number of carboxylic acid groups (broad SMARTS) is 1. The molecular formula is C12H9FN2O2. The number of benzene rings is 1. The van der Waals surface area contributed by atoms with E-state index in [9.17, 15) is 9.18 Å². The molecule has 0 saturated carbocycles. The average molecular weight is 232 g/mol. The van der Waals surface area contributed by atoms with Crippen molar-refractivity contribution in [1.82, 2.24) is 9.97 Å². The minimum Gasteiger partial charge on any atom is -0.481 e. The second-order valence-corrected chi connectivity index (χ2v) is 3.47. The number of hydrogen-bond acceptors (Lipinski definition) is 3. The summed E-state index contributed by atoms with van der Waals surface area (Å²) in [5.74, 6) is -1.30. The Kier molecular flexibility index (Phi) is 3.09. The fourth-order valence-electron chi connectivity index (χ4n) is 1.52. The molecule has 0 unspecified atom stereocenters. The Morgan fingerprint density at radius 2 is 2.00 bits per heavy atom. The standard InChI is InChI=1S/C12H9FN2O2/c13-10-3-1-8(2-4-10)12-9(5-11(16)17)6-14-7-15-12/h1-4,6-7H,5H2,(H,16,17). The van der Waals surface area contributed by atoms with Crippen LogP contribution < -0.4 is 0 Å². The van der Waals surface area contributed by atoms with E-state index in [1.54, 1.807) is 12.1 Å². The molecule has 86 valence electrons. The highest BCUT2D eigenvalue weighted by atomic mass is 19.1. The average Bonchev–Trinajstić information content (AvgIpc) is 2.30. The normalized spacial score (nSPS) is 10.2. The molecule has 0 amide bonds. The zero-order valence-corrected chi connectivity index (χ0v) is 8.80. The Morgan fingerprint density at radius 1 is 1.29 bits per heavy atom. The molecule has 4 nitrogen and oxygen atoms in total. The van der Waals surface area contributed by atoms with Crippen LogP contribution in [0.15, 0.2) is 36.8 Å². The molecule has 1 heterocycles. The van der Waals surface area contributed by atoms with Crippen molar-refractivity contribution < 1.29 is 14.3 Å². The van der Waals surface area contributed by atoms with E-state index in [-0.39, 0.29) is 12.2 Å². The lowest BCUT2D eigenvalue weighted by atomic mass is 10.1. The van der Waals surface area contributed by atoms with Crippen LogP contribution in [0, 0.1) is 5.82 Å². The van der Waals surface area contributed by atoms with Gasteiger partial charge in [-0.2, -0.15) is 0 Å². The molecule has 1 aromatic heterocycles. The van der Waals surface area contributed by atoms with E-state index in [1.807, 2.05) is 0 Å². The monoisotopic (exact) mass is 232 g/mol. The van der Waals surface area contributed by atoms with Gasteiger partial charge in [0.2, 0.25) is 0 Å². The first-order valence-electron chi connectivity index (χ1n) is 4.93. The Morgan fingerprint density at radius 3 is 2.65 bits per heavy atom. The van der Waals surface area contributed by atoms with E-state index >= 15 is 0 Å². The second-order valence-electron chi connectivity index (χ2n) is 3.47. The van der Waals surface area contributed by atoms with Crippen molar-refractivity contribution in [3.05, 3.63) is 48.2 Å². The van der Waals surface area contributed by atoms with Gasteiger partial charge in [-0.25, -0.2) is 14.4 Å². The van der Waals surface area contributed by atoms with E-state index in [0.717, 1.165) is 0 Å². The summed E-state index contributed by atoms with van der Waals surface area (Å²) in [5, 5.41) is 8.77. The van der Waals surface area contributed by atoms with Gasteiger partial charge in [0.15, 0.2) is 0 Å². The topological polar surface area (TPSA) is 63.1 Å². The summed E-state index contributed by atoms with van der Waals surface area (Å²) >= 11 is 0. The summed E-state index contributed by atoms with van der Waals surface area (Å²) in [5.41, 5.74) is 1.69. The summed E-state index contributed by atoms with van der Waals surface area (Å²) in [4.78, 5) is 18.5. The third-order valence-electron chi connectivity index (χ3n) is 2.25. The molecule has 0 atom stereocenters. The molecule has 17 heavy (non-hydrogen) atoms. The van der Waals surface area contributed by atoms with Gasteiger partial charge in [0.1, 0.15) is 12.1 Å². The smallest absolute Gasteiger partial charge is 0.307 e. The highest BCUT2D eigenvalue weighted by Crippen LogP contribution is 2.21. The maximum Gasteiger partial charge on any atom is 0.307 e. The number of carboxylic acids is 1. The first-order valence-corrected chi connectivity index (χ1v) is 4.93. The fourth-order valence-corrected chi connectivity index (χ4v) is 1.52. The van der Waals surface area contributed by atoms with Gasteiger partial charge in [0.25, 0.3) is 0 Å². The molecular weight excluding hydrogens is 223 g/mol. The molecule has 0 aliphatic carbocycles. The molecule has 2 rings (SSSR count). The summed E-state index contributed by atoms with van der Waals surface area (Å²) in [6.45, 7) is 0. The fraction of sp³-hybridized carbons (Fsp3) is 0.0833. The highest BCUT2D eigenvalue weighted by molar-refractivity contribution is 5.74. The van der Waals surface area contributed by atoms with E-state index in [1.165, 1.54) is 24.7 Å². The van der Waals surface area contributed by atoms with Gasteiger partial charge in [-0.3, -0.25) is 4.79 Å². The van der Waals surface area contributed by atoms with Crippen LogP contribution in [0.2, 0.25) is 0 Å². The molecule has 1 N–H and O–H groups in total. The van der Waals surface area contributed by atoms with E-state index in [2.05, 4.69) is 9.97 Å². The lowest BCUT2D eigenvalue weighted by Gasteiger charge is -2.05. The Labute approximate surface area is 96.8 Å². The maximum atomic E-state index is 12.8. The molecule has 2 aromatic rings. The number of aromatic nitrogens is 2. The number of aliphatic carboxylic acids is 1. The van der Waals surface area contributed by atoms with Crippen LogP contribution in [0.1, 0.15) is 5.56 Å². The van der Waals surface area contributed by atoms with Gasteiger partial charge < -0.3 is 5.11 Å². The number of hydrogen-bond donors (Lipinski definition) is 1. The van der Waals surface area contributed by atoms with Crippen molar-refractivity contribution >= 4 is 5.97 Å². The molecule has 0 aliphatic rings. The SMILES string of the molecule is O=C(O)Cc1cncnc1-c1ccc(F)cc1. The highest BCUT2D eigenvalue weighted by Gasteiger charge is 2.10. The van der Waals surface area contributed by atoms with E-state index in [4.69, 9.17) is 5.11 Å². The zero-order valence-electron chi connectivity index (χ0n) is 8.80.